The van der Waals surface area contributed by atoms with E-state index < -0.39 is 0 Å². The number of benzene rings is 3. The predicted molar refractivity (Wildman–Crippen MR) is 133 cm³/mol. The molecule has 1 fully saturated rings. The molecule has 0 aromatic heterocycles. The van der Waals surface area contributed by atoms with Crippen LogP contribution in [0.15, 0.2) is 72.8 Å². The van der Waals surface area contributed by atoms with Gasteiger partial charge in [0, 0.05) is 31.9 Å². The van der Waals surface area contributed by atoms with Gasteiger partial charge in [-0.2, -0.15) is 0 Å². The summed E-state index contributed by atoms with van der Waals surface area (Å²) in [6, 6.07) is 21.3. The van der Waals surface area contributed by atoms with E-state index in [-0.39, 0.29) is 36.3 Å². The Labute approximate surface area is 209 Å². The number of ether oxygens (including phenoxy) is 2. The van der Waals surface area contributed by atoms with Gasteiger partial charge < -0.3 is 20.1 Å². The number of nitrogens with one attached hydrogen (secondary N) is 2. The zero-order valence-electron chi connectivity index (χ0n) is 19.8. The van der Waals surface area contributed by atoms with Crippen LogP contribution in [-0.2, 0) is 22.7 Å². The molecule has 7 nitrogen and oxygen atoms in total. The van der Waals surface area contributed by atoms with E-state index in [2.05, 4.69) is 15.5 Å². The van der Waals surface area contributed by atoms with Gasteiger partial charge in [0.25, 0.3) is 0 Å². The lowest BCUT2D eigenvalue weighted by atomic mass is 9.87. The third-order valence-electron chi connectivity index (χ3n) is 6.53. The van der Waals surface area contributed by atoms with Gasteiger partial charge >= 0.3 is 0 Å². The molecule has 2 N–H and O–H groups in total. The monoisotopic (exact) mass is 489 g/mol. The van der Waals surface area contributed by atoms with Crippen LogP contribution in [0.4, 0.5) is 10.1 Å². The van der Waals surface area contributed by atoms with Gasteiger partial charge in [-0.25, -0.2) is 4.39 Å². The van der Waals surface area contributed by atoms with E-state index in [1.807, 2.05) is 48.5 Å². The molecule has 2 aliphatic heterocycles. The fourth-order valence-electron chi connectivity index (χ4n) is 4.70. The summed E-state index contributed by atoms with van der Waals surface area (Å²) in [5, 5.41) is 5.90. The SMILES string of the molecule is O=C(NCc1ccc2c(c1)OCO2)[C@H]1C[C@@H](C(=O)Nc2ccc(F)cc2)CN(Cc2ccccc2)C1. The number of piperidine rings is 1. The topological polar surface area (TPSA) is 79.9 Å². The number of anilines is 1. The molecule has 0 radical (unpaired) electrons. The molecular formula is C28H28FN3O4. The van der Waals surface area contributed by atoms with Crippen LogP contribution in [0.25, 0.3) is 0 Å². The highest BCUT2D eigenvalue weighted by Crippen LogP contribution is 2.32. The lowest BCUT2D eigenvalue weighted by molar-refractivity contribution is -0.130. The van der Waals surface area contributed by atoms with Crippen molar-refractivity contribution in [1.82, 2.24) is 10.2 Å². The van der Waals surface area contributed by atoms with Crippen molar-refractivity contribution in [1.29, 1.82) is 0 Å². The molecule has 0 unspecified atom stereocenters. The van der Waals surface area contributed by atoms with Crippen LogP contribution in [0.3, 0.4) is 0 Å². The second-order valence-corrected chi connectivity index (χ2v) is 9.21. The molecule has 3 aromatic rings. The van der Waals surface area contributed by atoms with E-state index in [1.165, 1.54) is 24.3 Å². The van der Waals surface area contributed by atoms with Gasteiger partial charge in [-0.1, -0.05) is 36.4 Å². The van der Waals surface area contributed by atoms with Crippen molar-refractivity contribution in [3.8, 4) is 11.5 Å². The van der Waals surface area contributed by atoms with E-state index in [0.29, 0.717) is 49.8 Å². The van der Waals surface area contributed by atoms with Crippen molar-refractivity contribution in [2.75, 3.05) is 25.2 Å². The van der Waals surface area contributed by atoms with Crippen LogP contribution in [0, 0.1) is 17.7 Å². The maximum absolute atomic E-state index is 13.3. The average molecular weight is 490 g/mol. The zero-order chi connectivity index (χ0) is 24.9. The first-order valence-electron chi connectivity index (χ1n) is 12.0. The summed E-state index contributed by atoms with van der Waals surface area (Å²) < 4.78 is 24.0. The van der Waals surface area contributed by atoms with Crippen molar-refractivity contribution in [2.24, 2.45) is 11.8 Å². The van der Waals surface area contributed by atoms with E-state index in [0.717, 1.165) is 11.1 Å². The number of rotatable bonds is 7. The van der Waals surface area contributed by atoms with Gasteiger partial charge in [0.15, 0.2) is 11.5 Å². The Morgan fingerprint density at radius 1 is 0.861 bits per heavy atom. The quantitative estimate of drug-likeness (QED) is 0.526. The largest absolute Gasteiger partial charge is 0.454 e. The van der Waals surface area contributed by atoms with Gasteiger partial charge in [0.05, 0.1) is 11.8 Å². The van der Waals surface area contributed by atoms with Crippen molar-refractivity contribution in [3.63, 3.8) is 0 Å². The molecule has 36 heavy (non-hydrogen) atoms. The molecule has 5 rings (SSSR count). The highest BCUT2D eigenvalue weighted by atomic mass is 19.1. The summed E-state index contributed by atoms with van der Waals surface area (Å²) in [5.41, 5.74) is 2.57. The Kier molecular flexibility index (Phi) is 7.13. The molecule has 0 spiro atoms. The Hall–Kier alpha value is -3.91. The molecule has 2 atom stereocenters. The fraction of sp³-hybridized carbons (Fsp3) is 0.286. The number of carbonyl (C=O) groups excluding carboxylic acids is 2. The van der Waals surface area contributed by atoms with Crippen LogP contribution >= 0.6 is 0 Å². The van der Waals surface area contributed by atoms with Crippen molar-refractivity contribution >= 4 is 17.5 Å². The molecule has 8 heteroatoms. The van der Waals surface area contributed by atoms with Gasteiger partial charge in [0.2, 0.25) is 18.6 Å². The number of amides is 2. The van der Waals surface area contributed by atoms with E-state index in [1.54, 1.807) is 0 Å². The number of nitrogens with zero attached hydrogens (tertiary/aromatic N) is 1. The van der Waals surface area contributed by atoms with Crippen LogP contribution < -0.4 is 20.1 Å². The fourth-order valence-corrected chi connectivity index (χ4v) is 4.70. The molecule has 2 amide bonds. The maximum atomic E-state index is 13.3. The van der Waals surface area contributed by atoms with Crippen LogP contribution in [0.2, 0.25) is 0 Å². The molecule has 186 valence electrons. The Balaban J connectivity index is 1.26. The van der Waals surface area contributed by atoms with E-state index >= 15 is 0 Å². The lowest BCUT2D eigenvalue weighted by Gasteiger charge is -2.36. The molecule has 0 bridgehead atoms. The Bertz CT molecular complexity index is 1220. The molecule has 0 saturated carbocycles. The maximum Gasteiger partial charge on any atom is 0.231 e. The van der Waals surface area contributed by atoms with Gasteiger partial charge in [-0.15, -0.1) is 0 Å². The zero-order valence-corrected chi connectivity index (χ0v) is 19.8. The van der Waals surface area contributed by atoms with Crippen LogP contribution in [-0.4, -0.2) is 36.6 Å². The molecular weight excluding hydrogens is 461 g/mol. The van der Waals surface area contributed by atoms with Crippen molar-refractivity contribution in [3.05, 3.63) is 89.7 Å². The van der Waals surface area contributed by atoms with E-state index in [4.69, 9.17) is 9.47 Å². The van der Waals surface area contributed by atoms with Crippen molar-refractivity contribution in [2.45, 2.75) is 19.5 Å². The average Bonchev–Trinajstić information content (AvgIpc) is 3.37. The molecule has 1 saturated heterocycles. The highest BCUT2D eigenvalue weighted by Gasteiger charge is 2.35. The molecule has 2 heterocycles. The standard InChI is InChI=1S/C28H28FN3O4/c29-23-7-9-24(10-8-23)31-28(34)22-13-21(16-32(17-22)15-19-4-2-1-3-5-19)27(33)30-14-20-6-11-25-26(12-20)36-18-35-25/h1-12,21-22H,13-18H2,(H,30,33)(H,31,34)/t21-,22+/m0/s1. The van der Waals surface area contributed by atoms with Gasteiger partial charge in [-0.3, -0.25) is 14.5 Å². The first-order chi connectivity index (χ1) is 17.5. The minimum Gasteiger partial charge on any atom is -0.454 e. The normalized spacial score (nSPS) is 19.0. The number of likely N-dealkylation sites (tertiary alicyclic amines) is 1. The van der Waals surface area contributed by atoms with Gasteiger partial charge in [0.1, 0.15) is 5.82 Å². The summed E-state index contributed by atoms with van der Waals surface area (Å²) in [5.74, 6) is 0.0148. The lowest BCUT2D eigenvalue weighted by Crippen LogP contribution is -2.48. The summed E-state index contributed by atoms with van der Waals surface area (Å²) >= 11 is 0. The summed E-state index contributed by atoms with van der Waals surface area (Å²) in [7, 11) is 0. The number of hydrogen-bond donors (Lipinski definition) is 2. The Morgan fingerprint density at radius 2 is 1.58 bits per heavy atom. The predicted octanol–water partition coefficient (Wildman–Crippen LogP) is 3.95. The number of halogens is 1. The summed E-state index contributed by atoms with van der Waals surface area (Å²) in [4.78, 5) is 28.5. The summed E-state index contributed by atoms with van der Waals surface area (Å²) in [6.45, 7) is 2.30. The smallest absolute Gasteiger partial charge is 0.231 e. The van der Waals surface area contributed by atoms with Crippen LogP contribution in [0.5, 0.6) is 11.5 Å². The minimum atomic E-state index is -0.381. The van der Waals surface area contributed by atoms with Gasteiger partial charge in [-0.05, 0) is 53.9 Å². The number of carbonyl (C=O) groups is 2. The first-order valence-corrected chi connectivity index (χ1v) is 12.0. The third-order valence-corrected chi connectivity index (χ3v) is 6.53. The minimum absolute atomic E-state index is 0.0926. The number of fused-ring (bicyclic) bond motifs is 1. The second kappa shape index (κ2) is 10.8. The molecule has 0 aliphatic carbocycles. The summed E-state index contributed by atoms with van der Waals surface area (Å²) in [6.07, 6.45) is 0.436. The number of hydrogen-bond acceptors (Lipinski definition) is 5. The molecule has 3 aromatic carbocycles. The van der Waals surface area contributed by atoms with Crippen molar-refractivity contribution < 1.29 is 23.5 Å². The highest BCUT2D eigenvalue weighted by molar-refractivity contribution is 5.93. The Morgan fingerprint density at radius 3 is 2.36 bits per heavy atom. The molecule has 2 aliphatic rings. The first kappa shape index (κ1) is 23.8. The third kappa shape index (κ3) is 5.83. The second-order valence-electron chi connectivity index (χ2n) is 9.21. The van der Waals surface area contributed by atoms with Crippen LogP contribution in [0.1, 0.15) is 17.5 Å². The van der Waals surface area contributed by atoms with E-state index in [9.17, 15) is 14.0 Å².